The van der Waals surface area contributed by atoms with Crippen LogP contribution < -0.4 is 4.74 Å². The van der Waals surface area contributed by atoms with Crippen LogP contribution in [0.25, 0.3) is 0 Å². The van der Waals surface area contributed by atoms with E-state index in [1.54, 1.807) is 29.5 Å². The third-order valence-electron chi connectivity index (χ3n) is 2.09. The summed E-state index contributed by atoms with van der Waals surface area (Å²) in [6.45, 7) is 1.90. The number of ether oxygens (including phenoxy) is 2. The number of methoxy groups -OCH3 is 1. The Kier molecular flexibility index (Phi) is 5.70. The van der Waals surface area contributed by atoms with Crippen molar-refractivity contribution in [2.24, 2.45) is 0 Å². The first-order valence-corrected chi connectivity index (χ1v) is 6.24. The minimum atomic E-state index is -2.69. The summed E-state index contributed by atoms with van der Waals surface area (Å²) in [6, 6.07) is 1.43. The molecule has 0 aliphatic heterocycles. The molecule has 0 aliphatic carbocycles. The molecule has 1 rings (SSSR count). The van der Waals surface area contributed by atoms with Crippen LogP contribution in [0.1, 0.15) is 24.7 Å². The van der Waals surface area contributed by atoms with Crippen molar-refractivity contribution in [3.8, 4) is 5.75 Å². The van der Waals surface area contributed by atoms with Gasteiger partial charge >= 0.3 is 5.97 Å². The summed E-state index contributed by atoms with van der Waals surface area (Å²) in [5, 5.41) is 0. The van der Waals surface area contributed by atoms with E-state index in [1.165, 1.54) is 13.2 Å². The SMILES string of the molecule is CCOC(=O)Cc1nc(C(F)F)c(I)cc1OC. The Morgan fingerprint density at radius 3 is 2.72 bits per heavy atom. The number of nitrogens with zero attached hydrogens (tertiary/aromatic N) is 1. The lowest BCUT2D eigenvalue weighted by molar-refractivity contribution is -0.142. The first-order chi connectivity index (χ1) is 8.49. The van der Waals surface area contributed by atoms with Crippen molar-refractivity contribution < 1.29 is 23.0 Å². The van der Waals surface area contributed by atoms with Crippen LogP contribution in [0, 0.1) is 3.57 Å². The number of carbonyl (C=O) groups is 1. The smallest absolute Gasteiger partial charge is 0.312 e. The average molecular weight is 371 g/mol. The number of hydrogen-bond acceptors (Lipinski definition) is 4. The number of hydrogen-bond donors (Lipinski definition) is 0. The van der Waals surface area contributed by atoms with E-state index in [-0.39, 0.29) is 24.4 Å². The Morgan fingerprint density at radius 2 is 2.22 bits per heavy atom. The highest BCUT2D eigenvalue weighted by molar-refractivity contribution is 14.1. The topological polar surface area (TPSA) is 48.4 Å². The quantitative estimate of drug-likeness (QED) is 0.590. The zero-order chi connectivity index (χ0) is 13.7. The fourth-order valence-corrected chi connectivity index (χ4v) is 1.97. The average Bonchev–Trinajstić information content (AvgIpc) is 2.30. The molecule has 4 nitrogen and oxygen atoms in total. The number of alkyl halides is 2. The molecule has 1 aromatic rings. The van der Waals surface area contributed by atoms with Crippen LogP contribution in [0.2, 0.25) is 0 Å². The molecule has 0 aromatic carbocycles. The zero-order valence-corrected chi connectivity index (χ0v) is 12.0. The number of esters is 1. The Morgan fingerprint density at radius 1 is 1.56 bits per heavy atom. The van der Waals surface area contributed by atoms with Crippen LogP contribution in [0.4, 0.5) is 8.78 Å². The van der Waals surface area contributed by atoms with Crippen LogP contribution >= 0.6 is 22.6 Å². The van der Waals surface area contributed by atoms with Gasteiger partial charge in [0.1, 0.15) is 11.4 Å². The molecule has 1 heterocycles. The molecule has 0 radical (unpaired) electrons. The van der Waals surface area contributed by atoms with Gasteiger partial charge in [0.25, 0.3) is 6.43 Å². The number of aromatic nitrogens is 1. The minimum Gasteiger partial charge on any atom is -0.495 e. The Bertz CT molecular complexity index is 441. The van der Waals surface area contributed by atoms with Crippen molar-refractivity contribution >= 4 is 28.6 Å². The van der Waals surface area contributed by atoms with Crippen molar-refractivity contribution in [1.82, 2.24) is 4.98 Å². The van der Waals surface area contributed by atoms with E-state index in [9.17, 15) is 13.6 Å². The van der Waals surface area contributed by atoms with Crippen LogP contribution in [0.3, 0.4) is 0 Å². The molecule has 0 fully saturated rings. The zero-order valence-electron chi connectivity index (χ0n) is 9.87. The number of carbonyl (C=O) groups excluding carboxylic acids is 1. The van der Waals surface area contributed by atoms with E-state index in [0.717, 1.165) is 0 Å². The summed E-state index contributed by atoms with van der Waals surface area (Å²) in [5.74, 6) is -0.221. The molecule has 0 bridgehead atoms. The molecule has 0 N–H and O–H groups in total. The summed E-state index contributed by atoms with van der Waals surface area (Å²) in [5.41, 5.74) is -0.192. The second kappa shape index (κ2) is 6.81. The number of pyridine rings is 1. The number of halogens is 3. The normalized spacial score (nSPS) is 10.6. The Labute approximate surface area is 117 Å². The molecule has 0 aliphatic rings. The highest BCUT2D eigenvalue weighted by atomic mass is 127. The Balaban J connectivity index is 3.08. The largest absolute Gasteiger partial charge is 0.495 e. The Hall–Kier alpha value is -0.990. The van der Waals surface area contributed by atoms with E-state index in [1.807, 2.05) is 0 Å². The fraction of sp³-hybridized carbons (Fsp3) is 0.455. The molecule has 0 unspecified atom stereocenters. The number of rotatable bonds is 5. The van der Waals surface area contributed by atoms with Gasteiger partial charge in [0.15, 0.2) is 0 Å². The van der Waals surface area contributed by atoms with Gasteiger partial charge in [0.2, 0.25) is 0 Å². The van der Waals surface area contributed by atoms with Gasteiger partial charge in [-0.2, -0.15) is 0 Å². The second-order valence-corrected chi connectivity index (χ2v) is 4.45. The lowest BCUT2D eigenvalue weighted by Crippen LogP contribution is -2.11. The summed E-state index contributed by atoms with van der Waals surface area (Å²) in [4.78, 5) is 15.1. The molecule has 1 aromatic heterocycles. The maximum Gasteiger partial charge on any atom is 0.312 e. The van der Waals surface area contributed by atoms with Crippen molar-refractivity contribution in [1.29, 1.82) is 0 Å². The molecule has 0 saturated carbocycles. The third-order valence-corrected chi connectivity index (χ3v) is 2.95. The molecule has 7 heteroatoms. The maximum absolute atomic E-state index is 12.7. The standard InChI is InChI=1S/C11H12F2INO3/c1-3-18-9(16)5-7-8(17-2)4-6(14)10(15-7)11(12)13/h4,11H,3,5H2,1-2H3. The second-order valence-electron chi connectivity index (χ2n) is 3.29. The third kappa shape index (κ3) is 3.76. The van der Waals surface area contributed by atoms with E-state index >= 15 is 0 Å². The molecule has 0 saturated heterocycles. The van der Waals surface area contributed by atoms with Crippen LogP contribution in [-0.2, 0) is 16.0 Å². The summed E-state index contributed by atoms with van der Waals surface area (Å²) in [7, 11) is 1.39. The van der Waals surface area contributed by atoms with Gasteiger partial charge in [-0.15, -0.1) is 0 Å². The summed E-state index contributed by atoms with van der Waals surface area (Å²) in [6.07, 6.45) is -2.88. The van der Waals surface area contributed by atoms with Gasteiger partial charge in [-0.25, -0.2) is 13.8 Å². The fourth-order valence-electron chi connectivity index (χ4n) is 1.33. The maximum atomic E-state index is 12.7. The van der Waals surface area contributed by atoms with Gasteiger partial charge in [0, 0.05) is 3.57 Å². The van der Waals surface area contributed by atoms with Crippen molar-refractivity contribution in [3.05, 3.63) is 21.0 Å². The monoisotopic (exact) mass is 371 g/mol. The molecule has 100 valence electrons. The van der Waals surface area contributed by atoms with E-state index in [0.29, 0.717) is 9.32 Å². The van der Waals surface area contributed by atoms with Gasteiger partial charge < -0.3 is 9.47 Å². The van der Waals surface area contributed by atoms with Crippen molar-refractivity contribution in [2.75, 3.05) is 13.7 Å². The summed E-state index contributed by atoms with van der Waals surface area (Å²) >= 11 is 1.75. The first-order valence-electron chi connectivity index (χ1n) is 5.16. The molecule has 0 amide bonds. The van der Waals surface area contributed by atoms with E-state index < -0.39 is 12.4 Å². The van der Waals surface area contributed by atoms with Crippen LogP contribution in [0.15, 0.2) is 6.07 Å². The molecule has 18 heavy (non-hydrogen) atoms. The van der Waals surface area contributed by atoms with Gasteiger partial charge in [-0.1, -0.05) is 0 Å². The predicted octanol–water partition coefficient (Wildman–Crippen LogP) is 2.74. The van der Waals surface area contributed by atoms with E-state index in [4.69, 9.17) is 9.47 Å². The minimum absolute atomic E-state index is 0.159. The van der Waals surface area contributed by atoms with Crippen LogP contribution in [0.5, 0.6) is 5.75 Å². The summed E-state index contributed by atoms with van der Waals surface area (Å²) < 4.78 is 35.5. The molecular weight excluding hydrogens is 359 g/mol. The van der Waals surface area contributed by atoms with Crippen molar-refractivity contribution in [3.63, 3.8) is 0 Å². The van der Waals surface area contributed by atoms with Gasteiger partial charge in [-0.05, 0) is 35.6 Å². The molecular formula is C11H12F2INO3. The highest BCUT2D eigenvalue weighted by Gasteiger charge is 2.19. The lowest BCUT2D eigenvalue weighted by Gasteiger charge is -2.11. The lowest BCUT2D eigenvalue weighted by atomic mass is 10.2. The van der Waals surface area contributed by atoms with E-state index in [2.05, 4.69) is 4.98 Å². The van der Waals surface area contributed by atoms with Crippen molar-refractivity contribution in [2.45, 2.75) is 19.8 Å². The van der Waals surface area contributed by atoms with Gasteiger partial charge in [-0.3, -0.25) is 4.79 Å². The predicted molar refractivity (Wildman–Crippen MR) is 68.8 cm³/mol. The van der Waals surface area contributed by atoms with Crippen LogP contribution in [-0.4, -0.2) is 24.7 Å². The highest BCUT2D eigenvalue weighted by Crippen LogP contribution is 2.28. The molecule has 0 spiro atoms. The first kappa shape index (κ1) is 15.1. The van der Waals surface area contributed by atoms with Gasteiger partial charge in [0.05, 0.1) is 25.8 Å². The molecule has 0 atom stereocenters.